The van der Waals surface area contributed by atoms with Gasteiger partial charge in [0.1, 0.15) is 11.6 Å². The molecule has 1 saturated heterocycles. The van der Waals surface area contributed by atoms with Crippen LogP contribution < -0.4 is 9.64 Å². The van der Waals surface area contributed by atoms with Crippen LogP contribution in [0.15, 0.2) is 59.1 Å². The summed E-state index contributed by atoms with van der Waals surface area (Å²) in [6, 6.07) is 17.8. The molecule has 1 aromatic heterocycles. The Morgan fingerprint density at radius 3 is 2.67 bits per heavy atom. The van der Waals surface area contributed by atoms with Gasteiger partial charge < -0.3 is 14.5 Å². The number of halogens is 2. The molecule has 3 aromatic rings. The van der Waals surface area contributed by atoms with Gasteiger partial charge in [-0.15, -0.1) is 0 Å². The summed E-state index contributed by atoms with van der Waals surface area (Å²) in [5.41, 5.74) is 0.999. The standard InChI is InChI=1S/C23H23BrClN3O2/c24-18-8-9-21(19(25)16-18)30-15-3-6-23(29)28-13-11-27(12-14-28)22-10-7-17-4-1-2-5-20(17)26-22/h1-2,4-5,7-10,16H,3,6,11-15H2. The second-order valence-electron chi connectivity index (χ2n) is 7.26. The fourth-order valence-electron chi connectivity index (χ4n) is 3.57. The molecule has 0 unspecified atom stereocenters. The number of para-hydroxylation sites is 1. The van der Waals surface area contributed by atoms with Gasteiger partial charge in [0, 0.05) is 42.5 Å². The highest BCUT2D eigenvalue weighted by Crippen LogP contribution is 2.28. The second kappa shape index (κ2) is 9.67. The minimum absolute atomic E-state index is 0.173. The number of pyridine rings is 1. The highest BCUT2D eigenvalue weighted by Gasteiger charge is 2.21. The van der Waals surface area contributed by atoms with E-state index in [1.54, 1.807) is 6.07 Å². The van der Waals surface area contributed by atoms with Crippen LogP contribution >= 0.6 is 27.5 Å². The highest BCUT2D eigenvalue weighted by atomic mass is 79.9. The smallest absolute Gasteiger partial charge is 0.222 e. The third kappa shape index (κ3) is 5.05. The van der Waals surface area contributed by atoms with Crippen molar-refractivity contribution in [3.63, 3.8) is 0 Å². The zero-order valence-corrected chi connectivity index (χ0v) is 18.9. The average Bonchev–Trinajstić information content (AvgIpc) is 2.77. The lowest BCUT2D eigenvalue weighted by molar-refractivity contribution is -0.131. The Hall–Kier alpha value is -2.31. The van der Waals surface area contributed by atoms with Gasteiger partial charge in [0.25, 0.3) is 0 Å². The van der Waals surface area contributed by atoms with Crippen molar-refractivity contribution in [1.82, 2.24) is 9.88 Å². The minimum atomic E-state index is 0.173. The second-order valence-corrected chi connectivity index (χ2v) is 8.58. The van der Waals surface area contributed by atoms with Crippen molar-refractivity contribution in [2.75, 3.05) is 37.7 Å². The number of ether oxygens (including phenoxy) is 1. The van der Waals surface area contributed by atoms with E-state index in [1.165, 1.54) is 0 Å². The van der Waals surface area contributed by atoms with E-state index in [4.69, 9.17) is 21.3 Å². The zero-order chi connectivity index (χ0) is 20.9. The molecule has 0 aliphatic carbocycles. The van der Waals surface area contributed by atoms with Gasteiger partial charge in [0.15, 0.2) is 0 Å². The Balaban J connectivity index is 1.23. The van der Waals surface area contributed by atoms with Crippen LogP contribution in [0.3, 0.4) is 0 Å². The third-order valence-electron chi connectivity index (χ3n) is 5.23. The van der Waals surface area contributed by atoms with Gasteiger partial charge in [-0.2, -0.15) is 0 Å². The molecule has 0 bridgehead atoms. The fraction of sp³-hybridized carbons (Fsp3) is 0.304. The van der Waals surface area contributed by atoms with Gasteiger partial charge in [0.05, 0.1) is 17.1 Å². The van der Waals surface area contributed by atoms with E-state index >= 15 is 0 Å². The van der Waals surface area contributed by atoms with Gasteiger partial charge in [-0.05, 0) is 42.8 Å². The highest BCUT2D eigenvalue weighted by molar-refractivity contribution is 9.10. The first kappa shape index (κ1) is 20.9. The molecule has 2 heterocycles. The van der Waals surface area contributed by atoms with Crippen molar-refractivity contribution in [2.45, 2.75) is 12.8 Å². The Morgan fingerprint density at radius 2 is 1.87 bits per heavy atom. The number of carbonyl (C=O) groups excluding carboxylic acids is 1. The predicted octanol–water partition coefficient (Wildman–Crippen LogP) is 5.16. The molecular weight excluding hydrogens is 466 g/mol. The normalized spacial score (nSPS) is 14.2. The molecule has 5 nitrogen and oxygen atoms in total. The largest absolute Gasteiger partial charge is 0.492 e. The maximum absolute atomic E-state index is 12.5. The number of rotatable bonds is 6. The van der Waals surface area contributed by atoms with Crippen LogP contribution in [-0.2, 0) is 4.79 Å². The van der Waals surface area contributed by atoms with Crippen molar-refractivity contribution < 1.29 is 9.53 Å². The molecule has 0 spiro atoms. The summed E-state index contributed by atoms with van der Waals surface area (Å²) in [5.74, 6) is 1.79. The quantitative estimate of drug-likeness (QED) is 0.450. The molecule has 1 fully saturated rings. The molecule has 0 N–H and O–H groups in total. The van der Waals surface area contributed by atoms with Crippen LogP contribution in [0.2, 0.25) is 5.02 Å². The van der Waals surface area contributed by atoms with E-state index in [0.717, 1.165) is 34.3 Å². The Bertz CT molecular complexity index is 1040. The molecule has 7 heteroatoms. The molecule has 0 radical (unpaired) electrons. The number of aromatic nitrogens is 1. The van der Waals surface area contributed by atoms with Crippen LogP contribution in [0.5, 0.6) is 5.75 Å². The SMILES string of the molecule is O=C(CCCOc1ccc(Br)cc1Cl)N1CCN(c2ccc3ccccc3n2)CC1. The Kier molecular flexibility index (Phi) is 6.75. The topological polar surface area (TPSA) is 45.7 Å². The van der Waals surface area contributed by atoms with Gasteiger partial charge in [0.2, 0.25) is 5.91 Å². The summed E-state index contributed by atoms with van der Waals surface area (Å²) in [4.78, 5) is 21.5. The number of hydrogen-bond acceptors (Lipinski definition) is 4. The lowest BCUT2D eigenvalue weighted by Gasteiger charge is -2.35. The van der Waals surface area contributed by atoms with Crippen molar-refractivity contribution in [3.05, 3.63) is 64.1 Å². The number of fused-ring (bicyclic) bond motifs is 1. The molecule has 30 heavy (non-hydrogen) atoms. The summed E-state index contributed by atoms with van der Waals surface area (Å²) in [6.07, 6.45) is 1.14. The average molecular weight is 489 g/mol. The number of amides is 1. The summed E-state index contributed by atoms with van der Waals surface area (Å²) >= 11 is 9.52. The van der Waals surface area contributed by atoms with Crippen molar-refractivity contribution >= 4 is 50.2 Å². The predicted molar refractivity (Wildman–Crippen MR) is 124 cm³/mol. The maximum Gasteiger partial charge on any atom is 0.222 e. The lowest BCUT2D eigenvalue weighted by atomic mass is 10.2. The first-order valence-electron chi connectivity index (χ1n) is 10.1. The Morgan fingerprint density at radius 1 is 1.07 bits per heavy atom. The van der Waals surface area contributed by atoms with Gasteiger partial charge >= 0.3 is 0 Å². The first-order chi connectivity index (χ1) is 14.6. The van der Waals surface area contributed by atoms with E-state index in [9.17, 15) is 4.79 Å². The molecule has 1 amide bonds. The summed E-state index contributed by atoms with van der Waals surface area (Å²) < 4.78 is 6.61. The van der Waals surface area contributed by atoms with E-state index < -0.39 is 0 Å². The van der Waals surface area contributed by atoms with Gasteiger partial charge in [-0.3, -0.25) is 4.79 Å². The molecule has 1 aliphatic heterocycles. The van der Waals surface area contributed by atoms with Crippen LogP contribution in [0, 0.1) is 0 Å². The molecule has 0 atom stereocenters. The van der Waals surface area contributed by atoms with Crippen LogP contribution in [0.1, 0.15) is 12.8 Å². The number of carbonyl (C=O) groups is 1. The molecule has 156 valence electrons. The Labute approximate surface area is 189 Å². The van der Waals surface area contributed by atoms with E-state index in [0.29, 0.717) is 43.3 Å². The van der Waals surface area contributed by atoms with E-state index in [1.807, 2.05) is 35.2 Å². The van der Waals surface area contributed by atoms with E-state index in [-0.39, 0.29) is 5.91 Å². The lowest BCUT2D eigenvalue weighted by Crippen LogP contribution is -2.49. The van der Waals surface area contributed by atoms with Crippen LogP contribution in [0.25, 0.3) is 10.9 Å². The van der Waals surface area contributed by atoms with Gasteiger partial charge in [-0.1, -0.05) is 45.7 Å². The molecule has 4 rings (SSSR count). The van der Waals surface area contributed by atoms with Crippen LogP contribution in [-0.4, -0.2) is 48.6 Å². The number of nitrogens with zero attached hydrogens (tertiary/aromatic N) is 3. The summed E-state index contributed by atoms with van der Waals surface area (Å²) in [6.45, 7) is 3.48. The van der Waals surface area contributed by atoms with Crippen LogP contribution in [0.4, 0.5) is 5.82 Å². The zero-order valence-electron chi connectivity index (χ0n) is 16.6. The number of anilines is 1. The fourth-order valence-corrected chi connectivity index (χ4v) is 4.30. The van der Waals surface area contributed by atoms with Crippen molar-refractivity contribution in [2.24, 2.45) is 0 Å². The maximum atomic E-state index is 12.5. The summed E-state index contributed by atoms with van der Waals surface area (Å²) in [5, 5.41) is 1.70. The third-order valence-corrected chi connectivity index (χ3v) is 6.02. The van der Waals surface area contributed by atoms with Crippen molar-refractivity contribution in [3.8, 4) is 5.75 Å². The van der Waals surface area contributed by atoms with E-state index in [2.05, 4.69) is 39.0 Å². The summed E-state index contributed by atoms with van der Waals surface area (Å²) in [7, 11) is 0. The number of benzene rings is 2. The molecular formula is C23H23BrClN3O2. The molecule has 0 saturated carbocycles. The monoisotopic (exact) mass is 487 g/mol. The molecule has 2 aromatic carbocycles. The molecule has 1 aliphatic rings. The first-order valence-corrected chi connectivity index (χ1v) is 11.2. The van der Waals surface area contributed by atoms with Crippen molar-refractivity contribution in [1.29, 1.82) is 0 Å². The number of piperazine rings is 1. The minimum Gasteiger partial charge on any atom is -0.492 e. The van der Waals surface area contributed by atoms with Gasteiger partial charge in [-0.25, -0.2) is 4.98 Å². The number of hydrogen-bond donors (Lipinski definition) is 0.